The summed E-state index contributed by atoms with van der Waals surface area (Å²) in [5.41, 5.74) is 4.21. The largest absolute Gasteiger partial charge is 0.379 e. The molecule has 2 aliphatic rings. The molecule has 2 saturated heterocycles. The van der Waals surface area contributed by atoms with E-state index in [1.807, 2.05) is 0 Å². The quantitative estimate of drug-likeness (QED) is 0.134. The Morgan fingerprint density at radius 1 is 0.403 bits per heavy atom. The number of aliphatic hydroxyl groups is 2. The second kappa shape index (κ2) is 22.8. The van der Waals surface area contributed by atoms with Crippen molar-refractivity contribution in [2.45, 2.75) is 62.1 Å². The molecule has 0 spiro atoms. The van der Waals surface area contributed by atoms with Gasteiger partial charge >= 0.3 is 0 Å². The van der Waals surface area contributed by atoms with Crippen molar-refractivity contribution < 1.29 is 27.6 Å². The predicted molar refractivity (Wildman–Crippen MR) is 297 cm³/mol. The summed E-state index contributed by atoms with van der Waals surface area (Å²) >= 11 is 0. The maximum absolute atomic E-state index is 12.8. The summed E-state index contributed by atoms with van der Waals surface area (Å²) in [6.07, 6.45) is 5.59. The Balaban J connectivity index is 0.000000167. The molecule has 10 aromatic carbocycles. The molecule has 0 saturated carbocycles. The summed E-state index contributed by atoms with van der Waals surface area (Å²) in [4.78, 5) is 4.94. The average Bonchev–Trinajstić information content (AvgIpc) is 4.11. The Bertz CT molecular complexity index is 3010. The molecule has 12 rings (SSSR count). The Labute approximate surface area is 436 Å². The van der Waals surface area contributed by atoms with E-state index in [0.717, 1.165) is 95.7 Å². The molecule has 0 aliphatic carbocycles. The Morgan fingerprint density at radius 3 is 0.931 bits per heavy atom. The van der Waals surface area contributed by atoms with Crippen LogP contribution < -0.4 is 0 Å². The van der Waals surface area contributed by atoms with Gasteiger partial charge in [0.2, 0.25) is 0 Å². The molecular weight excluding hydrogens is 917 g/mol. The number of rotatable bonds is 10. The van der Waals surface area contributed by atoms with Gasteiger partial charge in [-0.2, -0.15) is 0 Å². The van der Waals surface area contributed by atoms with Gasteiger partial charge in [-0.3, -0.25) is 9.80 Å². The summed E-state index contributed by atoms with van der Waals surface area (Å²) in [7, 11) is 0. The molecule has 2 heterocycles. The first-order valence-corrected chi connectivity index (χ1v) is 25.2. The van der Waals surface area contributed by atoms with Crippen LogP contribution in [0.1, 0.15) is 59.1 Å². The van der Waals surface area contributed by atoms with Crippen LogP contribution in [0.3, 0.4) is 0 Å². The van der Waals surface area contributed by atoms with Crippen molar-refractivity contribution in [3.05, 3.63) is 283 Å². The summed E-state index contributed by atoms with van der Waals surface area (Å²) in [6, 6.07) is 80.6. The first kappa shape index (κ1) is 50.2. The third-order valence-corrected chi connectivity index (χ3v) is 14.9. The van der Waals surface area contributed by atoms with Crippen molar-refractivity contribution in [2.75, 3.05) is 13.1 Å². The topological polar surface area (TPSA) is 46.9 Å². The Kier molecular flexibility index (Phi) is 15.9. The van der Waals surface area contributed by atoms with Crippen molar-refractivity contribution in [1.29, 1.82) is 0 Å². The molecule has 0 aromatic heterocycles. The van der Waals surface area contributed by atoms with Gasteiger partial charge in [-0.1, -0.05) is 206 Å². The van der Waals surface area contributed by atoms with Crippen molar-refractivity contribution in [2.24, 2.45) is 0 Å². The third-order valence-electron chi connectivity index (χ3n) is 14.9. The molecule has 5 heteroatoms. The number of hydrogen-bond acceptors (Lipinski definition) is 4. The summed E-state index contributed by atoms with van der Waals surface area (Å²) < 4.78 is 0. The van der Waals surface area contributed by atoms with Gasteiger partial charge in [0.05, 0.1) is 0 Å². The van der Waals surface area contributed by atoms with Gasteiger partial charge in [-0.15, -0.1) is 0 Å². The first-order chi connectivity index (χ1) is 34.8. The van der Waals surface area contributed by atoms with E-state index in [9.17, 15) is 10.2 Å². The van der Waals surface area contributed by atoms with Gasteiger partial charge in [0, 0.05) is 42.5 Å². The average molecular weight is 980 g/mol. The summed E-state index contributed by atoms with van der Waals surface area (Å²) in [6.45, 7) is 10.2. The molecule has 2 atom stereocenters. The summed E-state index contributed by atoms with van der Waals surface area (Å²) in [5.74, 6) is 0. The molecule has 2 aliphatic heterocycles. The molecule has 4 nitrogen and oxygen atoms in total. The Morgan fingerprint density at radius 2 is 0.653 bits per heavy atom. The number of hydrogen-bond donors (Lipinski definition) is 2. The minimum Gasteiger partial charge on any atom is -0.379 e. The first-order valence-electron chi connectivity index (χ1n) is 25.2. The fourth-order valence-electron chi connectivity index (χ4n) is 11.4. The standard InChI is InChI=1S/2C32H29NO.C3H5.Cr/c2*34-32(29-18-16-25-11-4-6-13-27(25)21-29,30-19-17-26-12-5-7-14-28(26)22-30)31-15-8-20-33(31)23-24-9-2-1-3-10-24;1-3-2;/h2*1-7,9-14,16-19,21-22,31,34H,8,15,20,23H2;3H,1-2H2;/q;;-1;/t2*31-;;/m00../s1. The van der Waals surface area contributed by atoms with Gasteiger partial charge in [-0.25, -0.2) is 19.6 Å². The van der Waals surface area contributed by atoms with Crippen LogP contribution in [0.5, 0.6) is 0 Å². The van der Waals surface area contributed by atoms with E-state index in [-0.39, 0.29) is 29.4 Å². The maximum atomic E-state index is 12.8. The van der Waals surface area contributed by atoms with Crippen LogP contribution in [-0.4, -0.2) is 45.2 Å². The number of fused-ring (bicyclic) bond motifs is 4. The van der Waals surface area contributed by atoms with Gasteiger partial charge in [0.1, 0.15) is 11.2 Å². The molecule has 10 aromatic rings. The zero-order valence-corrected chi connectivity index (χ0v) is 42.2. The van der Waals surface area contributed by atoms with Gasteiger partial charge in [0.25, 0.3) is 0 Å². The number of likely N-dealkylation sites (tertiary alicyclic amines) is 2. The van der Waals surface area contributed by atoms with Crippen LogP contribution in [0.2, 0.25) is 0 Å². The molecule has 360 valence electrons. The molecule has 0 unspecified atom stereocenters. The van der Waals surface area contributed by atoms with E-state index in [1.165, 1.54) is 38.7 Å². The van der Waals surface area contributed by atoms with Gasteiger partial charge in [0.15, 0.2) is 0 Å². The normalized spacial score (nSPS) is 16.1. The Hall–Kier alpha value is -6.78. The summed E-state index contributed by atoms with van der Waals surface area (Å²) in [5, 5.41) is 35.0. The van der Waals surface area contributed by atoms with Crippen molar-refractivity contribution >= 4 is 43.1 Å². The maximum Gasteiger partial charge on any atom is 0.130 e. The van der Waals surface area contributed by atoms with E-state index in [2.05, 4.69) is 254 Å². The SMILES string of the molecule is C=C[CH2-].OC(c1ccc2ccccc2c1)(c1ccc2ccccc2c1)[C@@H]1CCCN1Cc1ccccc1.OC(c1ccc2ccccc2c1)(c1ccc2ccccc2c1)[C@@H]1CCCN1Cc1ccccc1.[Cr]. The van der Waals surface area contributed by atoms with E-state index in [1.54, 1.807) is 0 Å². The monoisotopic (exact) mass is 979 g/mol. The minimum absolute atomic E-state index is 0. The molecule has 72 heavy (non-hydrogen) atoms. The van der Waals surface area contributed by atoms with Gasteiger partial charge < -0.3 is 10.2 Å². The zero-order valence-electron chi connectivity index (χ0n) is 40.9. The number of nitrogens with zero attached hydrogens (tertiary/aromatic N) is 2. The second-order valence-corrected chi connectivity index (χ2v) is 19.3. The number of allylic oxidation sites excluding steroid dienone is 1. The second-order valence-electron chi connectivity index (χ2n) is 19.3. The van der Waals surface area contributed by atoms with Crippen molar-refractivity contribution in [3.8, 4) is 0 Å². The van der Waals surface area contributed by atoms with E-state index in [4.69, 9.17) is 0 Å². The third kappa shape index (κ3) is 10.4. The molecular formula is C67H63CrN2O2-. The van der Waals surface area contributed by atoms with Crippen LogP contribution >= 0.6 is 0 Å². The molecule has 0 radical (unpaired) electrons. The van der Waals surface area contributed by atoms with Crippen LogP contribution in [0.25, 0.3) is 43.1 Å². The smallest absolute Gasteiger partial charge is 0.130 e. The minimum atomic E-state index is -1.11. The predicted octanol–water partition coefficient (Wildman–Crippen LogP) is 14.8. The number of benzene rings is 10. The van der Waals surface area contributed by atoms with Crippen molar-refractivity contribution in [1.82, 2.24) is 9.80 Å². The van der Waals surface area contributed by atoms with Crippen molar-refractivity contribution in [3.63, 3.8) is 0 Å². The molecule has 2 N–H and O–H groups in total. The molecule has 0 bridgehead atoms. The van der Waals surface area contributed by atoms with Gasteiger partial charge in [-0.05, 0) is 140 Å². The van der Waals surface area contributed by atoms with E-state index in [0.29, 0.717) is 0 Å². The van der Waals surface area contributed by atoms with E-state index < -0.39 is 11.2 Å². The van der Waals surface area contributed by atoms with Crippen LogP contribution in [0, 0.1) is 6.92 Å². The van der Waals surface area contributed by atoms with E-state index >= 15 is 0 Å². The van der Waals surface area contributed by atoms with Crippen LogP contribution in [0.4, 0.5) is 0 Å². The molecule has 0 amide bonds. The molecule has 2 fully saturated rings. The zero-order chi connectivity index (χ0) is 48.6. The van der Waals surface area contributed by atoms with Crippen LogP contribution in [0.15, 0.2) is 243 Å². The fourth-order valence-corrected chi connectivity index (χ4v) is 11.4. The fraction of sp³-hybridized carbons (Fsp3) is 0.179. The van der Waals surface area contributed by atoms with Crippen LogP contribution in [-0.2, 0) is 41.7 Å².